The van der Waals surface area contributed by atoms with Crippen molar-refractivity contribution in [1.29, 1.82) is 0 Å². The first-order valence-electron chi connectivity index (χ1n) is 12.2. The Hall–Kier alpha value is -2.79. The number of carbonyl (C=O) groups excluding carboxylic acids is 1. The fourth-order valence-electron chi connectivity index (χ4n) is 4.23. The van der Waals surface area contributed by atoms with E-state index >= 15 is 0 Å². The molecule has 9 nitrogen and oxygen atoms in total. The van der Waals surface area contributed by atoms with Crippen LogP contribution in [0.2, 0.25) is 0 Å². The van der Waals surface area contributed by atoms with Gasteiger partial charge in [-0.1, -0.05) is 19.3 Å². The van der Waals surface area contributed by atoms with Gasteiger partial charge in [-0.2, -0.15) is 11.8 Å². The molecule has 1 N–H and O–H groups in total. The molecular weight excluding hydrogens is 516 g/mol. The summed E-state index contributed by atoms with van der Waals surface area (Å²) in [6.07, 6.45) is 6.24. The molecule has 0 saturated heterocycles. The van der Waals surface area contributed by atoms with Gasteiger partial charge in [-0.25, -0.2) is 8.42 Å². The maximum Gasteiger partial charge on any atom is 0.265 e. The number of nitrogens with one attached hydrogen (secondary N) is 1. The molecule has 1 aliphatic carbocycles. The van der Waals surface area contributed by atoms with Crippen molar-refractivity contribution in [1.82, 2.24) is 5.32 Å². The number of sulfonamides is 1. The minimum atomic E-state index is -4.22. The fourth-order valence-corrected chi connectivity index (χ4v) is 6.89. The Morgan fingerprint density at radius 3 is 2.24 bits per heavy atom. The minimum Gasteiger partial charge on any atom is -0.497 e. The molecule has 0 spiro atoms. The van der Waals surface area contributed by atoms with Crippen LogP contribution < -0.4 is 28.6 Å². The number of ether oxygens (including phenoxy) is 4. The Labute approximate surface area is 223 Å². The lowest BCUT2D eigenvalue weighted by molar-refractivity contribution is -0.119. The van der Waals surface area contributed by atoms with Gasteiger partial charge in [0.05, 0.1) is 39.0 Å². The van der Waals surface area contributed by atoms with Gasteiger partial charge < -0.3 is 24.3 Å². The highest BCUT2D eigenvalue weighted by molar-refractivity contribution is 7.99. The molecule has 0 aromatic heterocycles. The molecule has 3 rings (SSSR count). The highest BCUT2D eigenvalue weighted by Crippen LogP contribution is 2.37. The molecule has 0 atom stereocenters. The van der Waals surface area contributed by atoms with Crippen molar-refractivity contribution in [3.05, 3.63) is 36.4 Å². The summed E-state index contributed by atoms with van der Waals surface area (Å²) in [5, 5.41) is 3.50. The lowest BCUT2D eigenvalue weighted by Crippen LogP contribution is -2.41. The van der Waals surface area contributed by atoms with E-state index in [0.717, 1.165) is 10.1 Å². The van der Waals surface area contributed by atoms with Gasteiger partial charge in [0.1, 0.15) is 18.0 Å². The van der Waals surface area contributed by atoms with Crippen LogP contribution in [0.25, 0.3) is 0 Å². The Bertz CT molecular complexity index is 1150. The van der Waals surface area contributed by atoms with E-state index in [-0.39, 0.29) is 22.1 Å². The van der Waals surface area contributed by atoms with Gasteiger partial charge in [-0.05, 0) is 37.1 Å². The highest BCUT2D eigenvalue weighted by atomic mass is 32.2. The molecule has 0 aliphatic heterocycles. The number of hydrogen-bond acceptors (Lipinski definition) is 8. The summed E-state index contributed by atoms with van der Waals surface area (Å²) in [5.41, 5.74) is 0.184. The Morgan fingerprint density at radius 2 is 1.59 bits per heavy atom. The second-order valence-corrected chi connectivity index (χ2v) is 11.8. The molecule has 2 aromatic carbocycles. The van der Waals surface area contributed by atoms with Crippen molar-refractivity contribution < 1.29 is 32.2 Å². The largest absolute Gasteiger partial charge is 0.497 e. The van der Waals surface area contributed by atoms with Crippen LogP contribution in [0.15, 0.2) is 41.3 Å². The third-order valence-corrected chi connectivity index (χ3v) is 9.35. The molecule has 2 aromatic rings. The first-order chi connectivity index (χ1) is 17.8. The smallest absolute Gasteiger partial charge is 0.265 e. The van der Waals surface area contributed by atoms with Crippen LogP contribution in [0.1, 0.15) is 32.1 Å². The maximum absolute atomic E-state index is 13.9. The second-order valence-electron chi connectivity index (χ2n) is 8.55. The number of amides is 1. The van der Waals surface area contributed by atoms with E-state index in [1.807, 2.05) is 11.8 Å². The third-order valence-electron chi connectivity index (χ3n) is 6.21. The van der Waals surface area contributed by atoms with E-state index in [1.54, 1.807) is 12.1 Å². The summed E-state index contributed by atoms with van der Waals surface area (Å²) in [4.78, 5) is 12.9. The maximum atomic E-state index is 13.9. The molecule has 11 heteroatoms. The van der Waals surface area contributed by atoms with E-state index in [9.17, 15) is 13.2 Å². The number of nitrogens with zero attached hydrogens (tertiary/aromatic N) is 1. The molecule has 1 fully saturated rings. The summed E-state index contributed by atoms with van der Waals surface area (Å²) in [5.74, 6) is 1.71. The molecule has 204 valence electrons. The van der Waals surface area contributed by atoms with E-state index in [4.69, 9.17) is 18.9 Å². The monoisotopic (exact) mass is 552 g/mol. The van der Waals surface area contributed by atoms with Gasteiger partial charge in [-0.3, -0.25) is 9.10 Å². The molecule has 1 saturated carbocycles. The molecule has 1 amide bonds. The van der Waals surface area contributed by atoms with Crippen LogP contribution in [0.3, 0.4) is 0 Å². The average Bonchev–Trinajstić information content (AvgIpc) is 2.93. The molecule has 0 bridgehead atoms. The first kappa shape index (κ1) is 28.8. The van der Waals surface area contributed by atoms with Gasteiger partial charge in [0, 0.05) is 29.7 Å². The standard InChI is InChI=1S/C26H36N2O7S2/c1-32-19-10-12-23(33-2)22(16-19)28(18-26(29)27-14-15-36-20-8-6-5-7-9-20)37(30,31)21-11-13-24(34-3)25(17-21)35-4/h10-13,16-17,20H,5-9,14-15,18H2,1-4H3,(H,27,29). The predicted octanol–water partition coefficient (Wildman–Crippen LogP) is 4.10. The fraction of sp³-hybridized carbons (Fsp3) is 0.500. The zero-order chi connectivity index (χ0) is 26.8. The van der Waals surface area contributed by atoms with Crippen molar-refractivity contribution in [2.75, 3.05) is 51.6 Å². The minimum absolute atomic E-state index is 0.0596. The number of hydrogen-bond donors (Lipinski definition) is 1. The average molecular weight is 553 g/mol. The topological polar surface area (TPSA) is 103 Å². The molecule has 0 radical (unpaired) electrons. The summed E-state index contributed by atoms with van der Waals surface area (Å²) in [7, 11) is 1.60. The lowest BCUT2D eigenvalue weighted by atomic mass is 10.0. The van der Waals surface area contributed by atoms with Crippen LogP contribution in [-0.2, 0) is 14.8 Å². The van der Waals surface area contributed by atoms with Crippen molar-refractivity contribution in [2.45, 2.75) is 42.2 Å². The van der Waals surface area contributed by atoms with E-state index in [2.05, 4.69) is 5.32 Å². The second kappa shape index (κ2) is 13.7. The van der Waals surface area contributed by atoms with Crippen molar-refractivity contribution in [2.24, 2.45) is 0 Å². The number of carbonyl (C=O) groups is 1. The van der Waals surface area contributed by atoms with Crippen LogP contribution in [0.5, 0.6) is 23.0 Å². The number of thioether (sulfide) groups is 1. The summed E-state index contributed by atoms with van der Waals surface area (Å²) in [6, 6.07) is 9.08. The Balaban J connectivity index is 1.86. The first-order valence-corrected chi connectivity index (χ1v) is 14.7. The molecular formula is C26H36N2O7S2. The number of benzene rings is 2. The predicted molar refractivity (Wildman–Crippen MR) is 146 cm³/mol. The molecule has 37 heavy (non-hydrogen) atoms. The molecule has 0 heterocycles. The van der Waals surface area contributed by atoms with Gasteiger partial charge >= 0.3 is 0 Å². The van der Waals surface area contributed by atoms with Gasteiger partial charge in [0.25, 0.3) is 10.0 Å². The third kappa shape index (κ3) is 7.38. The summed E-state index contributed by atoms with van der Waals surface area (Å²) < 4.78 is 50.1. The Kier molecular flexibility index (Phi) is 10.6. The SMILES string of the molecule is COc1ccc(OC)c(N(CC(=O)NCCSC2CCCCC2)S(=O)(=O)c2ccc(OC)c(OC)c2)c1. The van der Waals surface area contributed by atoms with Crippen molar-refractivity contribution in [3.63, 3.8) is 0 Å². The quantitative estimate of drug-likeness (QED) is 0.371. The highest BCUT2D eigenvalue weighted by Gasteiger charge is 2.31. The number of methoxy groups -OCH3 is 4. The van der Waals surface area contributed by atoms with Crippen molar-refractivity contribution in [3.8, 4) is 23.0 Å². The van der Waals surface area contributed by atoms with E-state index in [0.29, 0.717) is 23.3 Å². The van der Waals surface area contributed by atoms with Crippen LogP contribution in [-0.4, -0.2) is 66.9 Å². The summed E-state index contributed by atoms with van der Waals surface area (Å²) >= 11 is 1.87. The van der Waals surface area contributed by atoms with Gasteiger partial charge in [0.15, 0.2) is 11.5 Å². The number of anilines is 1. The lowest BCUT2D eigenvalue weighted by Gasteiger charge is -2.26. The molecule has 0 unspecified atom stereocenters. The normalized spacial score (nSPS) is 14.1. The number of rotatable bonds is 13. The zero-order valence-electron chi connectivity index (χ0n) is 21.8. The van der Waals surface area contributed by atoms with Gasteiger partial charge in [-0.15, -0.1) is 0 Å². The molecule has 1 aliphatic rings. The zero-order valence-corrected chi connectivity index (χ0v) is 23.5. The van der Waals surface area contributed by atoms with E-state index in [1.165, 1.54) is 84.8 Å². The van der Waals surface area contributed by atoms with Gasteiger partial charge in [0.2, 0.25) is 5.91 Å². The summed E-state index contributed by atoms with van der Waals surface area (Å²) in [6.45, 7) is 0.0216. The van der Waals surface area contributed by atoms with Crippen molar-refractivity contribution >= 4 is 33.4 Å². The van der Waals surface area contributed by atoms with E-state index < -0.39 is 22.5 Å². The van der Waals surface area contributed by atoms with Crippen LogP contribution in [0, 0.1) is 0 Å². The van der Waals surface area contributed by atoms with Crippen LogP contribution in [0.4, 0.5) is 5.69 Å². The van der Waals surface area contributed by atoms with Crippen LogP contribution >= 0.6 is 11.8 Å². The Morgan fingerprint density at radius 1 is 0.919 bits per heavy atom.